The third-order valence-corrected chi connectivity index (χ3v) is 3.11. The van der Waals surface area contributed by atoms with Crippen LogP contribution in [0.15, 0.2) is 48.5 Å². The highest BCUT2D eigenvalue weighted by atomic mass is 32.2. The van der Waals surface area contributed by atoms with Gasteiger partial charge in [-0.1, -0.05) is 36.4 Å². The summed E-state index contributed by atoms with van der Waals surface area (Å²) in [6.45, 7) is 0.252. The van der Waals surface area contributed by atoms with Crippen LogP contribution in [0.4, 0.5) is 0 Å². The van der Waals surface area contributed by atoms with Gasteiger partial charge in [0, 0.05) is 0 Å². The van der Waals surface area contributed by atoms with Crippen molar-refractivity contribution in [1.82, 2.24) is 0 Å². The molecule has 2 aromatic carbocycles. The first-order chi connectivity index (χ1) is 10.2. The number of ether oxygens (including phenoxy) is 1. The SMILES string of the molecule is O=Cc1cc(CO[SH](=O)=O)ccc1OCc1ccccc1. The fourth-order valence-electron chi connectivity index (χ4n) is 1.77. The predicted molar refractivity (Wildman–Crippen MR) is 77.7 cm³/mol. The van der Waals surface area contributed by atoms with E-state index in [2.05, 4.69) is 4.18 Å². The summed E-state index contributed by atoms with van der Waals surface area (Å²) in [5.74, 6) is 0.448. The first-order valence-corrected chi connectivity index (χ1v) is 7.30. The van der Waals surface area contributed by atoms with Crippen molar-refractivity contribution in [3.8, 4) is 5.75 Å². The van der Waals surface area contributed by atoms with Crippen molar-refractivity contribution in [1.29, 1.82) is 0 Å². The molecule has 0 saturated carbocycles. The highest BCUT2D eigenvalue weighted by Crippen LogP contribution is 2.20. The Morgan fingerprint density at radius 2 is 1.71 bits per heavy atom. The average molecular weight is 306 g/mol. The fourth-order valence-corrected chi connectivity index (χ4v) is 2.03. The van der Waals surface area contributed by atoms with Crippen molar-refractivity contribution in [2.75, 3.05) is 0 Å². The Labute approximate surface area is 124 Å². The zero-order chi connectivity index (χ0) is 15.1. The highest BCUT2D eigenvalue weighted by Gasteiger charge is 2.06. The Kier molecular flexibility index (Phi) is 5.48. The standard InChI is InChI=1S/C15H14O5S/c16-9-14-8-13(11-20-21(17)18)6-7-15(14)19-10-12-4-2-1-3-5-12/h1-9,21H,10-11H2. The average Bonchev–Trinajstić information content (AvgIpc) is 2.52. The summed E-state index contributed by atoms with van der Waals surface area (Å²) in [7, 11) is -2.90. The van der Waals surface area contributed by atoms with Gasteiger partial charge >= 0.3 is 0 Å². The summed E-state index contributed by atoms with van der Waals surface area (Å²) in [5, 5.41) is 0. The topological polar surface area (TPSA) is 69.7 Å². The third-order valence-electron chi connectivity index (χ3n) is 2.77. The minimum absolute atomic E-state index is 0.0987. The van der Waals surface area contributed by atoms with Gasteiger partial charge in [0.15, 0.2) is 6.29 Å². The van der Waals surface area contributed by atoms with Crippen molar-refractivity contribution in [3.05, 3.63) is 65.2 Å². The molecule has 0 spiro atoms. The molecule has 2 aromatic rings. The van der Waals surface area contributed by atoms with E-state index in [-0.39, 0.29) is 6.61 Å². The van der Waals surface area contributed by atoms with Gasteiger partial charge in [0.1, 0.15) is 12.4 Å². The number of rotatable bonds is 7. The van der Waals surface area contributed by atoms with E-state index in [4.69, 9.17) is 4.74 Å². The van der Waals surface area contributed by atoms with Gasteiger partial charge in [-0.3, -0.25) is 8.98 Å². The molecule has 0 aliphatic heterocycles. The zero-order valence-corrected chi connectivity index (χ0v) is 12.0. The number of hydrogen-bond acceptors (Lipinski definition) is 5. The molecule has 6 heteroatoms. The monoisotopic (exact) mass is 306 g/mol. The van der Waals surface area contributed by atoms with Gasteiger partial charge in [-0.05, 0) is 23.3 Å². The maximum Gasteiger partial charge on any atom is 0.257 e. The van der Waals surface area contributed by atoms with Gasteiger partial charge in [0.2, 0.25) is 0 Å². The lowest BCUT2D eigenvalue weighted by molar-refractivity contribution is 0.111. The van der Waals surface area contributed by atoms with Crippen LogP contribution in [-0.2, 0) is 28.4 Å². The summed E-state index contributed by atoms with van der Waals surface area (Å²) in [6, 6.07) is 14.4. The maximum absolute atomic E-state index is 11.1. The summed E-state index contributed by atoms with van der Waals surface area (Å²) in [4.78, 5) is 11.1. The second-order valence-electron chi connectivity index (χ2n) is 4.26. The van der Waals surface area contributed by atoms with Gasteiger partial charge in [-0.25, -0.2) is 8.42 Å². The molecular formula is C15H14O5S. The number of aldehydes is 1. The number of benzene rings is 2. The van der Waals surface area contributed by atoms with Gasteiger partial charge in [0.05, 0.1) is 12.2 Å². The van der Waals surface area contributed by atoms with Crippen molar-refractivity contribution in [2.24, 2.45) is 0 Å². The molecule has 0 aromatic heterocycles. The highest BCUT2D eigenvalue weighted by molar-refractivity contribution is 7.67. The van der Waals surface area contributed by atoms with Gasteiger partial charge in [-0.15, -0.1) is 0 Å². The molecule has 0 unspecified atom stereocenters. The molecule has 0 aliphatic carbocycles. The molecule has 0 aliphatic rings. The molecule has 110 valence electrons. The Morgan fingerprint density at radius 1 is 0.952 bits per heavy atom. The third kappa shape index (κ3) is 4.70. The van der Waals surface area contributed by atoms with Crippen molar-refractivity contribution < 1.29 is 22.1 Å². The van der Waals surface area contributed by atoms with Gasteiger partial charge in [0.25, 0.3) is 11.0 Å². The van der Waals surface area contributed by atoms with E-state index in [1.54, 1.807) is 18.2 Å². The van der Waals surface area contributed by atoms with Crippen LogP contribution < -0.4 is 4.74 Å². The molecule has 0 heterocycles. The molecule has 0 bridgehead atoms. The quantitative estimate of drug-likeness (QED) is 0.627. The Balaban J connectivity index is 2.07. The fraction of sp³-hybridized carbons (Fsp3) is 0.133. The van der Waals surface area contributed by atoms with E-state index in [1.807, 2.05) is 30.3 Å². The molecule has 21 heavy (non-hydrogen) atoms. The van der Waals surface area contributed by atoms with E-state index in [9.17, 15) is 13.2 Å². The number of thiol groups is 1. The van der Waals surface area contributed by atoms with E-state index in [0.29, 0.717) is 29.8 Å². The molecule has 0 atom stereocenters. The van der Waals surface area contributed by atoms with Crippen LogP contribution in [0, 0.1) is 0 Å². The van der Waals surface area contributed by atoms with Gasteiger partial charge in [-0.2, -0.15) is 0 Å². The Morgan fingerprint density at radius 3 is 2.38 bits per heavy atom. The molecule has 5 nitrogen and oxygen atoms in total. The Bertz CT molecular complexity index is 672. The minimum atomic E-state index is -2.90. The second-order valence-corrected chi connectivity index (χ2v) is 4.97. The van der Waals surface area contributed by atoms with Crippen LogP contribution in [0.3, 0.4) is 0 Å². The lowest BCUT2D eigenvalue weighted by atomic mass is 10.1. The summed E-state index contributed by atoms with van der Waals surface area (Å²) >= 11 is 0. The molecule has 0 saturated heterocycles. The molecule has 0 amide bonds. The van der Waals surface area contributed by atoms with Crippen LogP contribution in [0.2, 0.25) is 0 Å². The lowest BCUT2D eigenvalue weighted by Crippen LogP contribution is -2.00. The van der Waals surface area contributed by atoms with E-state index in [1.165, 1.54) is 0 Å². The summed E-state index contributed by atoms with van der Waals surface area (Å²) in [6.07, 6.45) is 0.668. The van der Waals surface area contributed by atoms with Gasteiger partial charge < -0.3 is 4.74 Å². The van der Waals surface area contributed by atoms with Crippen molar-refractivity contribution in [3.63, 3.8) is 0 Å². The number of hydrogen-bond donors (Lipinski definition) is 1. The van der Waals surface area contributed by atoms with Crippen LogP contribution in [0.25, 0.3) is 0 Å². The van der Waals surface area contributed by atoms with E-state index < -0.39 is 11.0 Å². The lowest BCUT2D eigenvalue weighted by Gasteiger charge is -2.09. The number of carbonyl (C=O) groups is 1. The molecule has 0 fully saturated rings. The van der Waals surface area contributed by atoms with Crippen LogP contribution in [0.5, 0.6) is 5.75 Å². The van der Waals surface area contributed by atoms with Crippen LogP contribution >= 0.6 is 0 Å². The van der Waals surface area contributed by atoms with Crippen molar-refractivity contribution in [2.45, 2.75) is 13.2 Å². The smallest absolute Gasteiger partial charge is 0.257 e. The minimum Gasteiger partial charge on any atom is -0.488 e. The van der Waals surface area contributed by atoms with Crippen molar-refractivity contribution >= 4 is 17.3 Å². The summed E-state index contributed by atoms with van der Waals surface area (Å²) < 4.78 is 30.8. The predicted octanol–water partition coefficient (Wildman–Crippen LogP) is 2.12. The molecule has 0 radical (unpaired) electrons. The van der Waals surface area contributed by atoms with E-state index in [0.717, 1.165) is 5.56 Å². The second kappa shape index (κ2) is 7.56. The Hall–Kier alpha value is -2.18. The first kappa shape index (κ1) is 15.2. The normalized spacial score (nSPS) is 10.5. The number of carbonyl (C=O) groups excluding carboxylic acids is 1. The van der Waals surface area contributed by atoms with E-state index >= 15 is 0 Å². The molecule has 2 rings (SSSR count). The van der Waals surface area contributed by atoms with Crippen LogP contribution in [0.1, 0.15) is 21.5 Å². The first-order valence-electron chi connectivity index (χ1n) is 6.21. The van der Waals surface area contributed by atoms with Crippen LogP contribution in [-0.4, -0.2) is 14.7 Å². The summed E-state index contributed by atoms with van der Waals surface area (Å²) in [5.41, 5.74) is 1.93. The largest absolute Gasteiger partial charge is 0.488 e. The zero-order valence-electron chi connectivity index (χ0n) is 11.1. The molecule has 0 N–H and O–H groups in total. The maximum atomic E-state index is 11.1. The molecular weight excluding hydrogens is 292 g/mol.